The Morgan fingerprint density at radius 1 is 1.50 bits per heavy atom. The van der Waals surface area contributed by atoms with Crippen LogP contribution in [0, 0.1) is 0 Å². The number of fused-ring (bicyclic) bond motifs is 1. The fourth-order valence-electron chi connectivity index (χ4n) is 2.76. The second kappa shape index (κ2) is 4.25. The number of anilines is 1. The summed E-state index contributed by atoms with van der Waals surface area (Å²) in [6.45, 7) is 2.85. The van der Waals surface area contributed by atoms with Crippen molar-refractivity contribution in [2.75, 3.05) is 11.9 Å². The molecule has 2 aliphatic heterocycles. The molecule has 96 valence electrons. The number of hydrogen-bond acceptors (Lipinski definition) is 2. The quantitative estimate of drug-likeness (QED) is 0.835. The number of amides is 1. The average Bonchev–Trinajstić information content (AvgIpc) is 2.93. The first-order chi connectivity index (χ1) is 8.58. The van der Waals surface area contributed by atoms with Gasteiger partial charge in [-0.25, -0.2) is 0 Å². The third kappa shape index (κ3) is 1.91. The summed E-state index contributed by atoms with van der Waals surface area (Å²) in [7, 11) is 0. The Hall–Kier alpha value is -1.06. The Labute approximate surface area is 111 Å². The topological polar surface area (TPSA) is 38.3 Å². The standard InChI is InChI=1S/C14H16ClNO2/c1-14(5-2-6-18-14)13(15)9-3-4-11-10(7-9)8-12(17)16-11/h3-4,7,13H,2,5-6,8H2,1H3,(H,16,17). The van der Waals surface area contributed by atoms with Crippen LogP contribution in [0.2, 0.25) is 0 Å². The first-order valence-electron chi connectivity index (χ1n) is 6.29. The Kier molecular flexibility index (Phi) is 2.83. The molecule has 2 unspecified atom stereocenters. The smallest absolute Gasteiger partial charge is 0.228 e. The number of carbonyl (C=O) groups is 1. The average molecular weight is 266 g/mol. The maximum atomic E-state index is 11.3. The molecule has 2 heterocycles. The summed E-state index contributed by atoms with van der Waals surface area (Å²) < 4.78 is 5.78. The van der Waals surface area contributed by atoms with Gasteiger partial charge in [-0.3, -0.25) is 4.79 Å². The van der Waals surface area contributed by atoms with Gasteiger partial charge in [-0.05, 0) is 37.0 Å². The molecule has 3 rings (SSSR count). The predicted molar refractivity (Wildman–Crippen MR) is 71.0 cm³/mol. The predicted octanol–water partition coefficient (Wildman–Crippen LogP) is 3.03. The summed E-state index contributed by atoms with van der Waals surface area (Å²) in [4.78, 5) is 11.3. The summed E-state index contributed by atoms with van der Waals surface area (Å²) in [6.07, 6.45) is 2.49. The van der Waals surface area contributed by atoms with Gasteiger partial charge < -0.3 is 10.1 Å². The fourth-order valence-corrected chi connectivity index (χ4v) is 3.07. The van der Waals surface area contributed by atoms with Crippen molar-refractivity contribution < 1.29 is 9.53 Å². The van der Waals surface area contributed by atoms with Gasteiger partial charge in [0.1, 0.15) is 0 Å². The van der Waals surface area contributed by atoms with Gasteiger partial charge in [0.15, 0.2) is 0 Å². The maximum Gasteiger partial charge on any atom is 0.228 e. The molecule has 0 bridgehead atoms. The van der Waals surface area contributed by atoms with Crippen molar-refractivity contribution in [2.45, 2.75) is 37.2 Å². The van der Waals surface area contributed by atoms with E-state index >= 15 is 0 Å². The normalized spacial score (nSPS) is 28.0. The van der Waals surface area contributed by atoms with Gasteiger partial charge in [-0.15, -0.1) is 11.6 Å². The summed E-state index contributed by atoms with van der Waals surface area (Å²) in [5, 5.41) is 2.66. The van der Waals surface area contributed by atoms with Crippen molar-refractivity contribution in [3.8, 4) is 0 Å². The molecule has 1 aromatic rings. The Morgan fingerprint density at radius 2 is 2.33 bits per heavy atom. The van der Waals surface area contributed by atoms with Crippen molar-refractivity contribution in [1.82, 2.24) is 0 Å². The number of hydrogen-bond donors (Lipinski definition) is 1. The van der Waals surface area contributed by atoms with E-state index in [9.17, 15) is 4.79 Å². The zero-order valence-electron chi connectivity index (χ0n) is 10.3. The molecule has 0 aromatic heterocycles. The minimum atomic E-state index is -0.286. The lowest BCUT2D eigenvalue weighted by Gasteiger charge is -2.29. The van der Waals surface area contributed by atoms with Gasteiger partial charge in [0.25, 0.3) is 0 Å². The summed E-state index contributed by atoms with van der Waals surface area (Å²) in [6, 6.07) is 5.94. The lowest BCUT2D eigenvalue weighted by molar-refractivity contribution is -0.115. The van der Waals surface area contributed by atoms with Crippen LogP contribution in [-0.2, 0) is 16.0 Å². The summed E-state index contributed by atoms with van der Waals surface area (Å²) in [5.41, 5.74) is 2.69. The molecule has 1 fully saturated rings. The van der Waals surface area contributed by atoms with Gasteiger partial charge in [0.05, 0.1) is 17.4 Å². The van der Waals surface area contributed by atoms with Gasteiger partial charge >= 0.3 is 0 Å². The maximum absolute atomic E-state index is 11.3. The third-order valence-electron chi connectivity index (χ3n) is 3.83. The van der Waals surface area contributed by atoms with Crippen LogP contribution in [0.4, 0.5) is 5.69 Å². The van der Waals surface area contributed by atoms with Crippen LogP contribution < -0.4 is 5.32 Å². The SMILES string of the molecule is CC1(C(Cl)c2ccc3c(c2)CC(=O)N3)CCCO1. The number of halogens is 1. The van der Waals surface area contributed by atoms with E-state index in [1.807, 2.05) is 18.2 Å². The first-order valence-corrected chi connectivity index (χ1v) is 6.73. The first kappa shape index (κ1) is 12.0. The number of nitrogens with one attached hydrogen (secondary N) is 1. The van der Waals surface area contributed by atoms with Crippen molar-refractivity contribution in [3.63, 3.8) is 0 Å². The Bertz CT molecular complexity index is 495. The van der Waals surface area contributed by atoms with E-state index in [0.29, 0.717) is 6.42 Å². The zero-order valence-corrected chi connectivity index (χ0v) is 11.1. The molecular formula is C14H16ClNO2. The second-order valence-corrected chi connectivity index (χ2v) is 5.71. The minimum Gasteiger partial charge on any atom is -0.373 e. The lowest BCUT2D eigenvalue weighted by Crippen LogP contribution is -2.28. The van der Waals surface area contributed by atoms with E-state index in [1.165, 1.54) is 0 Å². The molecule has 3 nitrogen and oxygen atoms in total. The molecule has 1 aromatic carbocycles. The van der Waals surface area contributed by atoms with Crippen LogP contribution >= 0.6 is 11.6 Å². The van der Waals surface area contributed by atoms with Crippen molar-refractivity contribution >= 4 is 23.2 Å². The number of benzene rings is 1. The number of rotatable bonds is 2. The highest BCUT2D eigenvalue weighted by molar-refractivity contribution is 6.21. The molecule has 18 heavy (non-hydrogen) atoms. The van der Waals surface area contributed by atoms with Gasteiger partial charge in [0.2, 0.25) is 5.91 Å². The molecule has 0 aliphatic carbocycles. The molecule has 1 amide bonds. The molecule has 0 spiro atoms. The minimum absolute atomic E-state index is 0.0524. The Morgan fingerprint density at radius 3 is 3.06 bits per heavy atom. The van der Waals surface area contributed by atoms with Gasteiger partial charge in [-0.1, -0.05) is 12.1 Å². The highest BCUT2D eigenvalue weighted by Crippen LogP contribution is 2.42. The molecule has 0 radical (unpaired) electrons. The van der Waals surface area contributed by atoms with Crippen LogP contribution in [0.3, 0.4) is 0 Å². The van der Waals surface area contributed by atoms with Crippen LogP contribution in [0.15, 0.2) is 18.2 Å². The van der Waals surface area contributed by atoms with Crippen LogP contribution in [0.5, 0.6) is 0 Å². The molecule has 4 heteroatoms. The highest BCUT2D eigenvalue weighted by Gasteiger charge is 2.38. The van der Waals surface area contributed by atoms with E-state index in [2.05, 4.69) is 12.2 Å². The van der Waals surface area contributed by atoms with E-state index in [-0.39, 0.29) is 16.9 Å². The molecule has 0 saturated carbocycles. The fraction of sp³-hybridized carbons (Fsp3) is 0.500. The van der Waals surface area contributed by atoms with Crippen LogP contribution in [0.1, 0.15) is 36.3 Å². The van der Waals surface area contributed by atoms with Crippen LogP contribution in [-0.4, -0.2) is 18.1 Å². The molecule has 2 aliphatic rings. The molecule has 1 N–H and O–H groups in total. The van der Waals surface area contributed by atoms with Gasteiger partial charge in [0, 0.05) is 12.3 Å². The van der Waals surface area contributed by atoms with E-state index in [4.69, 9.17) is 16.3 Å². The number of ether oxygens (including phenoxy) is 1. The van der Waals surface area contributed by atoms with E-state index < -0.39 is 0 Å². The van der Waals surface area contributed by atoms with Crippen molar-refractivity contribution in [2.24, 2.45) is 0 Å². The number of alkyl halides is 1. The second-order valence-electron chi connectivity index (χ2n) is 5.27. The lowest BCUT2D eigenvalue weighted by atomic mass is 9.92. The van der Waals surface area contributed by atoms with Crippen molar-refractivity contribution in [1.29, 1.82) is 0 Å². The monoisotopic (exact) mass is 265 g/mol. The molecular weight excluding hydrogens is 250 g/mol. The van der Waals surface area contributed by atoms with Crippen molar-refractivity contribution in [3.05, 3.63) is 29.3 Å². The van der Waals surface area contributed by atoms with Gasteiger partial charge in [-0.2, -0.15) is 0 Å². The van der Waals surface area contributed by atoms with E-state index in [1.54, 1.807) is 0 Å². The molecule has 1 saturated heterocycles. The number of carbonyl (C=O) groups excluding carboxylic acids is 1. The Balaban J connectivity index is 1.89. The largest absolute Gasteiger partial charge is 0.373 e. The highest BCUT2D eigenvalue weighted by atomic mass is 35.5. The van der Waals surface area contributed by atoms with Crippen LogP contribution in [0.25, 0.3) is 0 Å². The summed E-state index contributed by atoms with van der Waals surface area (Å²) >= 11 is 6.56. The zero-order chi connectivity index (χ0) is 12.8. The third-order valence-corrected chi connectivity index (χ3v) is 4.55. The summed E-state index contributed by atoms with van der Waals surface area (Å²) in [5.74, 6) is 0.0524. The molecule has 2 atom stereocenters. The van der Waals surface area contributed by atoms with E-state index in [0.717, 1.165) is 36.3 Å².